The van der Waals surface area contributed by atoms with E-state index in [0.717, 1.165) is 29.9 Å². The van der Waals surface area contributed by atoms with Gasteiger partial charge in [0.05, 0.1) is 18.7 Å². The van der Waals surface area contributed by atoms with Gasteiger partial charge in [0, 0.05) is 30.0 Å². The van der Waals surface area contributed by atoms with Crippen LogP contribution in [0, 0.1) is 6.92 Å². The Kier molecular flexibility index (Phi) is 6.03. The van der Waals surface area contributed by atoms with E-state index in [2.05, 4.69) is 4.90 Å². The molecule has 1 unspecified atom stereocenters. The lowest BCUT2D eigenvalue weighted by atomic mass is 9.94. The molecular weight excluding hydrogens is 440 g/mol. The Labute approximate surface area is 205 Å². The fourth-order valence-corrected chi connectivity index (χ4v) is 4.98. The highest BCUT2D eigenvalue weighted by Crippen LogP contribution is 2.43. The molecule has 0 radical (unpaired) electrons. The van der Waals surface area contributed by atoms with Gasteiger partial charge < -0.3 is 14.7 Å². The smallest absolute Gasteiger partial charge is 0.300 e. The third-order valence-electron chi connectivity index (χ3n) is 6.74. The predicted octanol–water partition coefficient (Wildman–Crippen LogP) is 5.23. The van der Waals surface area contributed by atoms with Crippen molar-refractivity contribution in [1.82, 2.24) is 0 Å². The molecule has 5 rings (SSSR count). The first-order chi connectivity index (χ1) is 17.0. The number of carbonyl (C=O) groups excluding carboxylic acids is 2. The number of methoxy groups -OCH3 is 1. The fraction of sp³-hybridized carbons (Fsp3) is 0.241. The van der Waals surface area contributed by atoms with Crippen LogP contribution in [0.3, 0.4) is 0 Å². The molecule has 0 aliphatic carbocycles. The minimum atomic E-state index is -0.751. The number of ether oxygens (including phenoxy) is 1. The van der Waals surface area contributed by atoms with E-state index >= 15 is 0 Å². The highest BCUT2D eigenvalue weighted by atomic mass is 16.5. The molecule has 178 valence electrons. The van der Waals surface area contributed by atoms with Crippen molar-refractivity contribution < 1.29 is 19.4 Å². The minimum absolute atomic E-state index is 0.0671. The van der Waals surface area contributed by atoms with Crippen LogP contribution in [0.1, 0.15) is 35.6 Å². The number of Topliss-reactive ketones (excluding diaryl/α,β-unsaturated/α-hetero) is 1. The van der Waals surface area contributed by atoms with E-state index in [9.17, 15) is 14.7 Å². The maximum Gasteiger partial charge on any atom is 0.300 e. The molecule has 6 nitrogen and oxygen atoms in total. The van der Waals surface area contributed by atoms with Crippen molar-refractivity contribution in [3.8, 4) is 5.75 Å². The zero-order valence-electron chi connectivity index (χ0n) is 19.9. The number of anilines is 2. The Balaban J connectivity index is 1.63. The van der Waals surface area contributed by atoms with E-state index in [0.29, 0.717) is 17.0 Å². The monoisotopic (exact) mass is 468 g/mol. The topological polar surface area (TPSA) is 70.1 Å². The zero-order valence-corrected chi connectivity index (χ0v) is 19.9. The summed E-state index contributed by atoms with van der Waals surface area (Å²) in [6, 6.07) is 21.5. The van der Waals surface area contributed by atoms with E-state index in [1.165, 1.54) is 24.9 Å². The number of aryl methyl sites for hydroxylation is 1. The average molecular weight is 469 g/mol. The van der Waals surface area contributed by atoms with Gasteiger partial charge in [-0.15, -0.1) is 0 Å². The third kappa shape index (κ3) is 4.16. The van der Waals surface area contributed by atoms with Gasteiger partial charge in [-0.1, -0.05) is 42.0 Å². The van der Waals surface area contributed by atoms with Crippen LogP contribution in [0.2, 0.25) is 0 Å². The van der Waals surface area contributed by atoms with Gasteiger partial charge in [-0.05, 0) is 61.7 Å². The van der Waals surface area contributed by atoms with E-state index in [1.807, 2.05) is 55.5 Å². The Morgan fingerprint density at radius 1 is 0.914 bits per heavy atom. The van der Waals surface area contributed by atoms with Crippen molar-refractivity contribution in [3.63, 3.8) is 0 Å². The highest BCUT2D eigenvalue weighted by molar-refractivity contribution is 6.51. The SMILES string of the molecule is COc1cccc(/C(O)=C2\C(=O)C(=O)N(c3ccc(N4CCCC4)cc3)C2c2cccc(C)c2)c1. The van der Waals surface area contributed by atoms with Gasteiger partial charge >= 0.3 is 0 Å². The summed E-state index contributed by atoms with van der Waals surface area (Å²) < 4.78 is 5.29. The molecule has 0 bridgehead atoms. The molecule has 2 aliphatic heterocycles. The van der Waals surface area contributed by atoms with Crippen LogP contribution in [0.15, 0.2) is 78.4 Å². The lowest BCUT2D eigenvalue weighted by molar-refractivity contribution is -0.132. The number of amides is 1. The summed E-state index contributed by atoms with van der Waals surface area (Å²) in [4.78, 5) is 30.6. The molecule has 1 atom stereocenters. The van der Waals surface area contributed by atoms with E-state index < -0.39 is 17.7 Å². The van der Waals surface area contributed by atoms with Crippen LogP contribution in [0.5, 0.6) is 5.75 Å². The van der Waals surface area contributed by atoms with Gasteiger partial charge in [-0.2, -0.15) is 0 Å². The van der Waals surface area contributed by atoms with Gasteiger partial charge in [0.1, 0.15) is 11.5 Å². The number of hydrogen-bond acceptors (Lipinski definition) is 5. The number of rotatable bonds is 5. The highest BCUT2D eigenvalue weighted by Gasteiger charge is 2.47. The molecule has 2 saturated heterocycles. The number of nitrogens with zero attached hydrogens (tertiary/aromatic N) is 2. The fourth-order valence-electron chi connectivity index (χ4n) is 4.98. The molecule has 1 N–H and O–H groups in total. The Morgan fingerprint density at radius 3 is 2.29 bits per heavy atom. The summed E-state index contributed by atoms with van der Waals surface area (Å²) in [6.07, 6.45) is 2.35. The van der Waals surface area contributed by atoms with Crippen molar-refractivity contribution >= 4 is 28.8 Å². The van der Waals surface area contributed by atoms with E-state index in [4.69, 9.17) is 4.74 Å². The summed E-state index contributed by atoms with van der Waals surface area (Å²) in [5, 5.41) is 11.3. The van der Waals surface area contributed by atoms with Crippen LogP contribution in [0.25, 0.3) is 5.76 Å². The molecule has 2 aliphatic rings. The standard InChI is InChI=1S/C29H28N2O4/c1-19-7-5-8-20(17-19)26-25(27(32)21-9-6-10-24(18-21)35-2)28(33)29(34)31(26)23-13-11-22(12-14-23)30-15-3-4-16-30/h5-14,17-18,26,32H,3-4,15-16H2,1-2H3/b27-25+. The Bertz CT molecular complexity index is 1310. The normalized spacial score (nSPS) is 19.4. The molecule has 35 heavy (non-hydrogen) atoms. The number of aliphatic hydroxyl groups is 1. The van der Waals surface area contributed by atoms with Crippen LogP contribution in [0.4, 0.5) is 11.4 Å². The first-order valence-corrected chi connectivity index (χ1v) is 11.8. The second-order valence-electron chi connectivity index (χ2n) is 9.03. The van der Waals surface area contributed by atoms with Crippen LogP contribution in [-0.2, 0) is 9.59 Å². The van der Waals surface area contributed by atoms with Crippen molar-refractivity contribution in [2.45, 2.75) is 25.8 Å². The van der Waals surface area contributed by atoms with Crippen molar-refractivity contribution in [1.29, 1.82) is 0 Å². The van der Waals surface area contributed by atoms with Gasteiger partial charge in [0.2, 0.25) is 0 Å². The molecule has 3 aromatic rings. The summed E-state index contributed by atoms with van der Waals surface area (Å²) in [5.74, 6) is -1.03. The van der Waals surface area contributed by atoms with Gasteiger partial charge in [-0.25, -0.2) is 0 Å². The molecule has 3 aromatic carbocycles. The molecule has 6 heteroatoms. The van der Waals surface area contributed by atoms with E-state index in [-0.39, 0.29) is 11.3 Å². The maximum atomic E-state index is 13.4. The Hall–Kier alpha value is -4.06. The van der Waals surface area contributed by atoms with Crippen molar-refractivity contribution in [3.05, 3.63) is 95.1 Å². The number of hydrogen-bond donors (Lipinski definition) is 1. The molecule has 2 heterocycles. The second-order valence-corrected chi connectivity index (χ2v) is 9.03. The van der Waals surface area contributed by atoms with Crippen LogP contribution >= 0.6 is 0 Å². The van der Waals surface area contributed by atoms with Crippen molar-refractivity contribution in [2.24, 2.45) is 0 Å². The summed E-state index contributed by atoms with van der Waals surface area (Å²) >= 11 is 0. The maximum absolute atomic E-state index is 13.4. The van der Waals surface area contributed by atoms with Gasteiger partial charge in [-0.3, -0.25) is 14.5 Å². The zero-order chi connectivity index (χ0) is 24.5. The summed E-state index contributed by atoms with van der Waals surface area (Å²) in [6.45, 7) is 4.00. The lowest BCUT2D eigenvalue weighted by Crippen LogP contribution is -2.29. The van der Waals surface area contributed by atoms with E-state index in [1.54, 1.807) is 24.3 Å². The number of aliphatic hydroxyl groups excluding tert-OH is 1. The third-order valence-corrected chi connectivity index (χ3v) is 6.74. The van der Waals surface area contributed by atoms with Crippen LogP contribution < -0.4 is 14.5 Å². The number of carbonyl (C=O) groups is 2. The molecule has 2 fully saturated rings. The summed E-state index contributed by atoms with van der Waals surface area (Å²) in [5.41, 5.74) is 3.97. The average Bonchev–Trinajstić information content (AvgIpc) is 3.51. The molecule has 0 saturated carbocycles. The largest absolute Gasteiger partial charge is 0.507 e. The molecule has 0 spiro atoms. The second kappa shape index (κ2) is 9.29. The van der Waals surface area contributed by atoms with Crippen LogP contribution in [-0.4, -0.2) is 37.0 Å². The van der Waals surface area contributed by atoms with Crippen molar-refractivity contribution in [2.75, 3.05) is 30.0 Å². The summed E-state index contributed by atoms with van der Waals surface area (Å²) in [7, 11) is 1.54. The molecule has 1 amide bonds. The first kappa shape index (κ1) is 22.7. The molecule has 0 aromatic heterocycles. The molecular formula is C29H28N2O4. The predicted molar refractivity (Wildman–Crippen MR) is 137 cm³/mol. The number of ketones is 1. The first-order valence-electron chi connectivity index (χ1n) is 11.8. The number of benzene rings is 3. The minimum Gasteiger partial charge on any atom is -0.507 e. The van der Waals surface area contributed by atoms with Gasteiger partial charge in [0.15, 0.2) is 0 Å². The Morgan fingerprint density at radius 2 is 1.60 bits per heavy atom. The van der Waals surface area contributed by atoms with Gasteiger partial charge in [0.25, 0.3) is 11.7 Å². The lowest BCUT2D eigenvalue weighted by Gasteiger charge is -2.26. The quantitative estimate of drug-likeness (QED) is 0.315.